The van der Waals surface area contributed by atoms with Gasteiger partial charge in [0.1, 0.15) is 0 Å². The van der Waals surface area contributed by atoms with Gasteiger partial charge in [-0.15, -0.1) is 0 Å². The molecule has 4 unspecified atom stereocenters. The van der Waals surface area contributed by atoms with Gasteiger partial charge in [0.05, 0.1) is 17.1 Å². The maximum Gasteiger partial charge on any atom is 0.269 e. The number of nitro groups is 1. The standard InChI is InChI=1S/C14H14N2O4/c17-13-10-2-1-9(7-10)12(13)15-14(18)8-3-5-11(6-4-8)16(19)20/h1-6,9-10,12-13,17H,7H2,(H,15,18). The fourth-order valence-electron chi connectivity index (χ4n) is 2.96. The quantitative estimate of drug-likeness (QED) is 0.493. The number of fused-ring (bicyclic) bond motifs is 2. The van der Waals surface area contributed by atoms with E-state index in [1.54, 1.807) is 0 Å². The van der Waals surface area contributed by atoms with Crippen LogP contribution in [0.3, 0.4) is 0 Å². The minimum Gasteiger partial charge on any atom is -0.390 e. The molecule has 1 aromatic carbocycles. The third-order valence-electron chi connectivity index (χ3n) is 4.06. The highest BCUT2D eigenvalue weighted by atomic mass is 16.6. The number of amides is 1. The molecule has 2 aliphatic carbocycles. The summed E-state index contributed by atoms with van der Waals surface area (Å²) in [6.07, 6.45) is 4.33. The lowest BCUT2D eigenvalue weighted by atomic mass is 9.98. The van der Waals surface area contributed by atoms with E-state index in [0.717, 1.165) is 6.42 Å². The van der Waals surface area contributed by atoms with Gasteiger partial charge in [0.15, 0.2) is 0 Å². The number of aliphatic hydroxyl groups excluding tert-OH is 1. The first-order valence-corrected chi connectivity index (χ1v) is 6.48. The lowest BCUT2D eigenvalue weighted by Gasteiger charge is -2.24. The van der Waals surface area contributed by atoms with Gasteiger partial charge in [-0.1, -0.05) is 12.2 Å². The Labute approximate surface area is 115 Å². The Hall–Kier alpha value is -2.21. The number of aliphatic hydroxyl groups is 1. The molecule has 6 heteroatoms. The molecule has 0 saturated heterocycles. The summed E-state index contributed by atoms with van der Waals surface area (Å²) in [5.74, 6) is -0.0101. The first-order chi connectivity index (χ1) is 9.56. The van der Waals surface area contributed by atoms with Crippen molar-refractivity contribution in [2.75, 3.05) is 0 Å². The lowest BCUT2D eigenvalue weighted by Crippen LogP contribution is -2.45. The van der Waals surface area contributed by atoms with Crippen LogP contribution in [0, 0.1) is 22.0 Å². The molecule has 0 heterocycles. The highest BCUT2D eigenvalue weighted by molar-refractivity contribution is 5.94. The molecule has 1 saturated carbocycles. The molecule has 2 N–H and O–H groups in total. The van der Waals surface area contributed by atoms with Crippen LogP contribution in [0.2, 0.25) is 0 Å². The topological polar surface area (TPSA) is 92.5 Å². The molecular formula is C14H14N2O4. The number of hydrogen-bond donors (Lipinski definition) is 2. The van der Waals surface area contributed by atoms with E-state index in [1.165, 1.54) is 24.3 Å². The fourth-order valence-corrected chi connectivity index (χ4v) is 2.96. The van der Waals surface area contributed by atoms with Crippen molar-refractivity contribution in [1.29, 1.82) is 0 Å². The van der Waals surface area contributed by atoms with E-state index in [0.29, 0.717) is 5.56 Å². The summed E-state index contributed by atoms with van der Waals surface area (Å²) in [5.41, 5.74) is 0.305. The number of nitro benzene ring substituents is 1. The van der Waals surface area contributed by atoms with E-state index in [1.807, 2.05) is 12.2 Å². The normalized spacial score (nSPS) is 30.4. The second-order valence-electron chi connectivity index (χ2n) is 5.24. The van der Waals surface area contributed by atoms with Crippen molar-refractivity contribution >= 4 is 11.6 Å². The monoisotopic (exact) mass is 274 g/mol. The molecule has 2 aliphatic rings. The summed E-state index contributed by atoms with van der Waals surface area (Å²) in [6.45, 7) is 0. The van der Waals surface area contributed by atoms with E-state index in [-0.39, 0.29) is 29.5 Å². The Kier molecular flexibility index (Phi) is 3.02. The largest absolute Gasteiger partial charge is 0.390 e. The Balaban J connectivity index is 1.70. The molecule has 20 heavy (non-hydrogen) atoms. The van der Waals surface area contributed by atoms with Gasteiger partial charge < -0.3 is 10.4 Å². The summed E-state index contributed by atoms with van der Waals surface area (Å²) < 4.78 is 0. The molecule has 0 aliphatic heterocycles. The molecule has 1 fully saturated rings. The number of hydrogen-bond acceptors (Lipinski definition) is 4. The Morgan fingerprint density at radius 2 is 1.90 bits per heavy atom. The van der Waals surface area contributed by atoms with Gasteiger partial charge in [0.2, 0.25) is 0 Å². The second kappa shape index (κ2) is 4.72. The summed E-state index contributed by atoms with van der Waals surface area (Å²) in [7, 11) is 0. The highest BCUT2D eigenvalue weighted by Crippen LogP contribution is 2.39. The predicted octanol–water partition coefficient (Wildman–Crippen LogP) is 1.26. The Morgan fingerprint density at radius 1 is 1.25 bits per heavy atom. The van der Waals surface area contributed by atoms with Crippen LogP contribution in [0.25, 0.3) is 0 Å². The number of nitrogens with zero attached hydrogens (tertiary/aromatic N) is 1. The van der Waals surface area contributed by atoms with E-state index < -0.39 is 11.0 Å². The van der Waals surface area contributed by atoms with Gasteiger partial charge >= 0.3 is 0 Å². The van der Waals surface area contributed by atoms with Crippen LogP contribution >= 0.6 is 0 Å². The van der Waals surface area contributed by atoms with Crippen LogP contribution in [0.1, 0.15) is 16.8 Å². The summed E-state index contributed by atoms with van der Waals surface area (Å²) in [6, 6.07) is 5.16. The summed E-state index contributed by atoms with van der Waals surface area (Å²) in [4.78, 5) is 22.1. The van der Waals surface area contributed by atoms with Gasteiger partial charge in [-0.2, -0.15) is 0 Å². The minimum atomic E-state index is -0.549. The molecule has 1 amide bonds. The number of carbonyl (C=O) groups is 1. The zero-order chi connectivity index (χ0) is 14.3. The first kappa shape index (κ1) is 12.8. The molecule has 0 aromatic heterocycles. The second-order valence-corrected chi connectivity index (χ2v) is 5.24. The number of non-ortho nitro benzene ring substituents is 1. The number of nitrogens with one attached hydrogen (secondary N) is 1. The average Bonchev–Trinajstić information content (AvgIpc) is 3.02. The van der Waals surface area contributed by atoms with Crippen molar-refractivity contribution in [2.45, 2.75) is 18.6 Å². The SMILES string of the molecule is O=C(NC1C2C=CC(C2)C1O)c1ccc([N+](=O)[O-])cc1. The van der Waals surface area contributed by atoms with Gasteiger partial charge in [0, 0.05) is 29.5 Å². The molecule has 4 atom stereocenters. The van der Waals surface area contributed by atoms with Crippen LogP contribution in [-0.4, -0.2) is 28.1 Å². The molecule has 0 radical (unpaired) electrons. The van der Waals surface area contributed by atoms with Crippen molar-refractivity contribution in [1.82, 2.24) is 5.32 Å². The van der Waals surface area contributed by atoms with Crippen molar-refractivity contribution in [3.63, 3.8) is 0 Å². The zero-order valence-corrected chi connectivity index (χ0v) is 10.6. The first-order valence-electron chi connectivity index (χ1n) is 6.48. The van der Waals surface area contributed by atoms with E-state index in [9.17, 15) is 20.0 Å². The highest BCUT2D eigenvalue weighted by Gasteiger charge is 2.44. The smallest absolute Gasteiger partial charge is 0.269 e. The van der Waals surface area contributed by atoms with E-state index in [4.69, 9.17) is 0 Å². The zero-order valence-electron chi connectivity index (χ0n) is 10.6. The van der Waals surface area contributed by atoms with E-state index >= 15 is 0 Å². The molecular weight excluding hydrogens is 260 g/mol. The maximum atomic E-state index is 12.1. The number of carbonyl (C=O) groups excluding carboxylic acids is 1. The molecule has 104 valence electrons. The molecule has 1 aromatic rings. The summed E-state index contributed by atoms with van der Waals surface area (Å²) in [5, 5.41) is 23.4. The maximum absolute atomic E-state index is 12.1. The van der Waals surface area contributed by atoms with Crippen LogP contribution in [0.15, 0.2) is 36.4 Å². The lowest BCUT2D eigenvalue weighted by molar-refractivity contribution is -0.384. The van der Waals surface area contributed by atoms with Crippen LogP contribution in [0.5, 0.6) is 0 Å². The summed E-state index contributed by atoms with van der Waals surface area (Å²) >= 11 is 0. The van der Waals surface area contributed by atoms with Gasteiger partial charge in [-0.3, -0.25) is 14.9 Å². The fraction of sp³-hybridized carbons (Fsp3) is 0.357. The third kappa shape index (κ3) is 2.08. The number of benzene rings is 1. The molecule has 6 nitrogen and oxygen atoms in total. The van der Waals surface area contributed by atoms with Crippen molar-refractivity contribution in [2.24, 2.45) is 11.8 Å². The van der Waals surface area contributed by atoms with Crippen LogP contribution in [0.4, 0.5) is 5.69 Å². The molecule has 2 bridgehead atoms. The number of rotatable bonds is 3. The van der Waals surface area contributed by atoms with Gasteiger partial charge in [0.25, 0.3) is 11.6 Å². The van der Waals surface area contributed by atoms with Crippen molar-refractivity contribution < 1.29 is 14.8 Å². The van der Waals surface area contributed by atoms with Crippen molar-refractivity contribution in [3.8, 4) is 0 Å². The van der Waals surface area contributed by atoms with Gasteiger partial charge in [-0.05, 0) is 18.6 Å². The van der Waals surface area contributed by atoms with Gasteiger partial charge in [-0.25, -0.2) is 0 Å². The van der Waals surface area contributed by atoms with Crippen LogP contribution in [-0.2, 0) is 0 Å². The van der Waals surface area contributed by atoms with Crippen molar-refractivity contribution in [3.05, 3.63) is 52.1 Å². The molecule has 0 spiro atoms. The minimum absolute atomic E-state index is 0.0514. The Morgan fingerprint density at radius 3 is 2.45 bits per heavy atom. The molecule has 3 rings (SSSR count). The third-order valence-corrected chi connectivity index (χ3v) is 4.06. The van der Waals surface area contributed by atoms with Crippen LogP contribution < -0.4 is 5.32 Å². The van der Waals surface area contributed by atoms with E-state index in [2.05, 4.69) is 5.32 Å². The Bertz CT molecular complexity index is 581. The average molecular weight is 274 g/mol. The predicted molar refractivity (Wildman–Crippen MR) is 71.1 cm³/mol.